The summed E-state index contributed by atoms with van der Waals surface area (Å²) >= 11 is 10.9. The molecule has 0 aliphatic carbocycles. The van der Waals surface area contributed by atoms with Gasteiger partial charge in [-0.1, -0.05) is 18.5 Å². The zero-order valence-electron chi connectivity index (χ0n) is 8.93. The molecule has 16 heavy (non-hydrogen) atoms. The summed E-state index contributed by atoms with van der Waals surface area (Å²) in [7, 11) is 0. The monoisotopic (exact) mass is 261 g/mol. The number of nitrogens with two attached hydrogens (primary N) is 1. The summed E-state index contributed by atoms with van der Waals surface area (Å²) < 4.78 is 18.3. The summed E-state index contributed by atoms with van der Waals surface area (Å²) in [5.41, 5.74) is 6.20. The SMILES string of the molecule is CCCOC(=S)Cc1cc(N)c(F)cc1Cl. The van der Waals surface area contributed by atoms with Crippen molar-refractivity contribution in [2.75, 3.05) is 12.3 Å². The van der Waals surface area contributed by atoms with E-state index in [1.54, 1.807) is 0 Å². The number of rotatable bonds is 4. The van der Waals surface area contributed by atoms with Gasteiger partial charge in [0.1, 0.15) is 5.82 Å². The first-order valence-corrected chi connectivity index (χ1v) is 5.72. The highest BCUT2D eigenvalue weighted by atomic mass is 35.5. The van der Waals surface area contributed by atoms with E-state index >= 15 is 0 Å². The molecule has 0 radical (unpaired) electrons. The van der Waals surface area contributed by atoms with E-state index in [9.17, 15) is 4.39 Å². The Morgan fingerprint density at radius 1 is 1.56 bits per heavy atom. The highest BCUT2D eigenvalue weighted by Crippen LogP contribution is 2.23. The summed E-state index contributed by atoms with van der Waals surface area (Å²) in [4.78, 5) is 0. The second-order valence-corrected chi connectivity index (χ2v) is 4.22. The van der Waals surface area contributed by atoms with Gasteiger partial charge in [-0.2, -0.15) is 0 Å². The molecule has 1 rings (SSSR count). The number of hydrogen-bond acceptors (Lipinski definition) is 3. The summed E-state index contributed by atoms with van der Waals surface area (Å²) in [6.45, 7) is 2.57. The van der Waals surface area contributed by atoms with E-state index in [4.69, 9.17) is 34.3 Å². The van der Waals surface area contributed by atoms with Gasteiger partial charge >= 0.3 is 0 Å². The number of halogens is 2. The minimum Gasteiger partial charge on any atom is -0.487 e. The molecule has 0 amide bonds. The van der Waals surface area contributed by atoms with E-state index in [1.165, 1.54) is 12.1 Å². The maximum Gasteiger partial charge on any atom is 0.164 e. The van der Waals surface area contributed by atoms with E-state index in [1.807, 2.05) is 6.92 Å². The largest absolute Gasteiger partial charge is 0.487 e. The van der Waals surface area contributed by atoms with Crippen molar-refractivity contribution >= 4 is 34.6 Å². The number of benzene rings is 1. The van der Waals surface area contributed by atoms with E-state index < -0.39 is 5.82 Å². The van der Waals surface area contributed by atoms with Crippen LogP contribution >= 0.6 is 23.8 Å². The smallest absolute Gasteiger partial charge is 0.164 e. The van der Waals surface area contributed by atoms with Gasteiger partial charge in [-0.3, -0.25) is 0 Å². The van der Waals surface area contributed by atoms with Crippen molar-refractivity contribution in [2.45, 2.75) is 19.8 Å². The van der Waals surface area contributed by atoms with Crippen molar-refractivity contribution in [3.05, 3.63) is 28.5 Å². The molecular weight excluding hydrogens is 249 g/mol. The molecule has 2 N–H and O–H groups in total. The predicted molar refractivity (Wildman–Crippen MR) is 68.4 cm³/mol. The van der Waals surface area contributed by atoms with Gasteiger partial charge in [0, 0.05) is 11.4 Å². The van der Waals surface area contributed by atoms with Crippen LogP contribution in [0, 0.1) is 5.82 Å². The maximum atomic E-state index is 13.0. The van der Waals surface area contributed by atoms with Crippen LogP contribution in [0.1, 0.15) is 18.9 Å². The fourth-order valence-corrected chi connectivity index (χ4v) is 1.63. The van der Waals surface area contributed by atoms with Crippen molar-refractivity contribution in [3.8, 4) is 0 Å². The lowest BCUT2D eigenvalue weighted by atomic mass is 10.1. The summed E-state index contributed by atoms with van der Waals surface area (Å²) in [6, 6.07) is 2.67. The Hall–Kier alpha value is -0.870. The standard InChI is InChI=1S/C11H13ClFNOS/c1-2-3-15-11(16)5-7-4-10(14)9(13)6-8(7)12/h4,6H,2-3,5,14H2,1H3. The van der Waals surface area contributed by atoms with Crippen molar-refractivity contribution in [3.63, 3.8) is 0 Å². The molecule has 0 fully saturated rings. The van der Waals surface area contributed by atoms with Crippen molar-refractivity contribution < 1.29 is 9.13 Å². The minimum atomic E-state index is -0.519. The summed E-state index contributed by atoms with van der Waals surface area (Å²) in [5.74, 6) is -0.519. The molecule has 2 nitrogen and oxygen atoms in total. The third-order valence-corrected chi connectivity index (χ3v) is 2.58. The van der Waals surface area contributed by atoms with E-state index in [0.29, 0.717) is 28.7 Å². The second-order valence-electron chi connectivity index (χ2n) is 3.36. The minimum absolute atomic E-state index is 0.0673. The molecule has 0 saturated carbocycles. The molecule has 0 aliphatic rings. The first-order chi connectivity index (χ1) is 7.54. The average molecular weight is 262 g/mol. The Kier molecular flexibility index (Phi) is 4.96. The van der Waals surface area contributed by atoms with Crippen LogP contribution in [0.4, 0.5) is 10.1 Å². The Balaban J connectivity index is 2.73. The number of hydrogen-bond donors (Lipinski definition) is 1. The lowest BCUT2D eigenvalue weighted by Gasteiger charge is -2.08. The second kappa shape index (κ2) is 6.01. The predicted octanol–water partition coefficient (Wildman–Crippen LogP) is 3.36. The molecule has 1 aromatic carbocycles. The number of ether oxygens (including phenoxy) is 1. The Labute approximate surface area is 105 Å². The zero-order chi connectivity index (χ0) is 12.1. The van der Waals surface area contributed by atoms with E-state index in [0.717, 1.165) is 6.42 Å². The lowest BCUT2D eigenvalue weighted by Crippen LogP contribution is -2.07. The van der Waals surface area contributed by atoms with Crippen molar-refractivity contribution in [1.82, 2.24) is 0 Å². The number of anilines is 1. The highest BCUT2D eigenvalue weighted by Gasteiger charge is 2.09. The topological polar surface area (TPSA) is 35.2 Å². The number of nitrogen functional groups attached to an aromatic ring is 1. The van der Waals surface area contributed by atoms with E-state index in [-0.39, 0.29) is 5.69 Å². The zero-order valence-corrected chi connectivity index (χ0v) is 10.5. The molecule has 0 aromatic heterocycles. The van der Waals surface area contributed by atoms with Crippen LogP contribution in [0.2, 0.25) is 5.02 Å². The first kappa shape index (κ1) is 13.2. The average Bonchev–Trinajstić information content (AvgIpc) is 2.23. The van der Waals surface area contributed by atoms with Crippen molar-refractivity contribution in [1.29, 1.82) is 0 Å². The lowest BCUT2D eigenvalue weighted by molar-refractivity contribution is 0.307. The normalized spacial score (nSPS) is 10.2. The van der Waals surface area contributed by atoms with Gasteiger partial charge < -0.3 is 10.5 Å². The van der Waals surface area contributed by atoms with E-state index in [2.05, 4.69) is 0 Å². The third-order valence-electron chi connectivity index (χ3n) is 1.97. The van der Waals surface area contributed by atoms with Crippen LogP contribution in [0.25, 0.3) is 0 Å². The van der Waals surface area contributed by atoms with Gasteiger partial charge in [-0.15, -0.1) is 0 Å². The third kappa shape index (κ3) is 3.61. The molecule has 1 aromatic rings. The Morgan fingerprint density at radius 2 is 2.25 bits per heavy atom. The molecule has 0 heterocycles. The molecular formula is C11H13ClFNOS. The maximum absolute atomic E-state index is 13.0. The quantitative estimate of drug-likeness (QED) is 0.667. The van der Waals surface area contributed by atoms with Crippen LogP contribution in [0.5, 0.6) is 0 Å². The Morgan fingerprint density at radius 3 is 2.88 bits per heavy atom. The molecule has 0 spiro atoms. The summed E-state index contributed by atoms with van der Waals surface area (Å²) in [6.07, 6.45) is 1.26. The van der Waals surface area contributed by atoms with Crippen LogP contribution in [0.3, 0.4) is 0 Å². The van der Waals surface area contributed by atoms with Crippen LogP contribution in [-0.4, -0.2) is 11.7 Å². The first-order valence-electron chi connectivity index (χ1n) is 4.93. The fraction of sp³-hybridized carbons (Fsp3) is 0.364. The van der Waals surface area contributed by atoms with Crippen LogP contribution in [-0.2, 0) is 11.2 Å². The van der Waals surface area contributed by atoms with Gasteiger partial charge in [0.25, 0.3) is 0 Å². The molecule has 0 aliphatic heterocycles. The highest BCUT2D eigenvalue weighted by molar-refractivity contribution is 7.80. The van der Waals surface area contributed by atoms with Gasteiger partial charge in [0.15, 0.2) is 5.05 Å². The van der Waals surface area contributed by atoms with Gasteiger partial charge in [-0.05, 0) is 36.3 Å². The van der Waals surface area contributed by atoms with Crippen molar-refractivity contribution in [2.24, 2.45) is 0 Å². The molecule has 0 atom stereocenters. The Bertz CT molecular complexity index is 398. The molecule has 5 heteroatoms. The number of thiocarbonyl (C=S) groups is 1. The molecule has 0 bridgehead atoms. The molecule has 88 valence electrons. The molecule has 0 saturated heterocycles. The fourth-order valence-electron chi connectivity index (χ4n) is 1.17. The molecule has 0 unspecified atom stereocenters. The van der Waals surface area contributed by atoms with Crippen LogP contribution < -0.4 is 5.73 Å². The van der Waals surface area contributed by atoms with Gasteiger partial charge in [-0.25, -0.2) is 4.39 Å². The van der Waals surface area contributed by atoms with Gasteiger partial charge in [0.2, 0.25) is 0 Å². The van der Waals surface area contributed by atoms with Gasteiger partial charge in [0.05, 0.1) is 12.3 Å². The van der Waals surface area contributed by atoms with Crippen LogP contribution in [0.15, 0.2) is 12.1 Å². The summed E-state index contributed by atoms with van der Waals surface area (Å²) in [5, 5.41) is 0.754.